The summed E-state index contributed by atoms with van der Waals surface area (Å²) in [6.07, 6.45) is 1.50. The van der Waals surface area contributed by atoms with Crippen LogP contribution in [-0.2, 0) is 0 Å². The Hall–Kier alpha value is 0.0500. The fraction of sp³-hybridized carbons (Fsp3) is 0. The van der Waals surface area contributed by atoms with Gasteiger partial charge in [-0.15, -0.1) is 11.3 Å². The molecule has 0 unspecified atom stereocenters. The predicted octanol–water partition coefficient (Wildman–Crippen LogP) is 5.34. The summed E-state index contributed by atoms with van der Waals surface area (Å²) < 4.78 is 2.37. The highest BCUT2D eigenvalue weighted by atomic mass is 79.9. The fourth-order valence-corrected chi connectivity index (χ4v) is 3.52. The molecule has 0 aromatic carbocycles. The van der Waals surface area contributed by atoms with Gasteiger partial charge in [-0.2, -0.15) is 0 Å². The number of hydrogen-bond donors (Lipinski definition) is 1. The minimum atomic E-state index is -0.192. The molecule has 0 aliphatic heterocycles. The average Bonchev–Trinajstić information content (AvgIpc) is 2.65. The van der Waals surface area contributed by atoms with Crippen LogP contribution in [0.4, 0.5) is 5.69 Å². The number of thiophene rings is 1. The van der Waals surface area contributed by atoms with Gasteiger partial charge in [-0.25, -0.2) is 4.98 Å². The summed E-state index contributed by atoms with van der Waals surface area (Å²) in [5, 5.41) is 3.10. The van der Waals surface area contributed by atoms with Crippen molar-refractivity contribution in [2.75, 3.05) is 5.32 Å². The lowest BCUT2D eigenvalue weighted by molar-refractivity contribution is 0.103. The Balaban J connectivity index is 2.18. The van der Waals surface area contributed by atoms with E-state index in [1.807, 2.05) is 0 Å². The first kappa shape index (κ1) is 14.5. The van der Waals surface area contributed by atoms with Crippen LogP contribution >= 0.6 is 70.7 Å². The molecule has 0 radical (unpaired) electrons. The van der Waals surface area contributed by atoms with Crippen molar-refractivity contribution in [2.24, 2.45) is 0 Å². The van der Waals surface area contributed by atoms with Gasteiger partial charge in [0.25, 0.3) is 5.91 Å². The molecule has 0 spiro atoms. The van der Waals surface area contributed by atoms with E-state index in [1.54, 1.807) is 12.1 Å². The second-order valence-corrected chi connectivity index (χ2v) is 7.62. The number of carbonyl (C=O) groups excluding carboxylic acids is 1. The lowest BCUT2D eigenvalue weighted by Gasteiger charge is -2.04. The number of rotatable bonds is 2. The van der Waals surface area contributed by atoms with Crippen LogP contribution in [0.5, 0.6) is 0 Å². The number of anilines is 1. The van der Waals surface area contributed by atoms with E-state index >= 15 is 0 Å². The molecule has 0 atom stereocenters. The van der Waals surface area contributed by atoms with E-state index in [0.29, 0.717) is 20.2 Å². The molecule has 0 aliphatic carbocycles. The van der Waals surface area contributed by atoms with Crippen LogP contribution in [-0.4, -0.2) is 10.9 Å². The van der Waals surface area contributed by atoms with Gasteiger partial charge in [-0.3, -0.25) is 4.79 Å². The molecule has 2 aromatic rings. The third kappa shape index (κ3) is 3.33. The highest BCUT2D eigenvalue weighted by Crippen LogP contribution is 2.33. The van der Waals surface area contributed by atoms with Crippen LogP contribution in [0.2, 0.25) is 5.15 Å². The Morgan fingerprint density at radius 2 is 2.00 bits per heavy atom. The number of pyridine rings is 1. The molecule has 3 nitrogen and oxygen atoms in total. The van der Waals surface area contributed by atoms with Crippen molar-refractivity contribution in [3.05, 3.63) is 41.1 Å². The second kappa shape index (κ2) is 6.00. The van der Waals surface area contributed by atoms with E-state index in [2.05, 4.69) is 58.1 Å². The lowest BCUT2D eigenvalue weighted by atomic mass is 10.4. The van der Waals surface area contributed by atoms with E-state index in [4.69, 9.17) is 11.6 Å². The van der Waals surface area contributed by atoms with Crippen molar-refractivity contribution in [1.29, 1.82) is 0 Å². The van der Waals surface area contributed by atoms with Crippen LogP contribution in [0.1, 0.15) is 9.67 Å². The van der Waals surface area contributed by atoms with Crippen LogP contribution in [0.3, 0.4) is 0 Å². The summed E-state index contributed by atoms with van der Waals surface area (Å²) in [6.45, 7) is 0. The Morgan fingerprint density at radius 1 is 1.28 bits per heavy atom. The summed E-state index contributed by atoms with van der Waals surface area (Å²) in [6, 6.07) is 3.45. The molecule has 0 fully saturated rings. The number of aromatic nitrogens is 1. The minimum absolute atomic E-state index is 0.192. The van der Waals surface area contributed by atoms with Gasteiger partial charge in [-0.05, 0) is 59.9 Å². The first-order valence-electron chi connectivity index (χ1n) is 4.54. The number of carbonyl (C=O) groups is 1. The molecule has 1 N–H and O–H groups in total. The normalized spacial score (nSPS) is 10.4. The minimum Gasteiger partial charge on any atom is -0.320 e. The third-order valence-corrected chi connectivity index (χ3v) is 6.31. The molecule has 94 valence electrons. The number of nitrogens with one attached hydrogen (secondary N) is 1. The molecule has 18 heavy (non-hydrogen) atoms. The van der Waals surface area contributed by atoms with Crippen LogP contribution in [0.25, 0.3) is 0 Å². The average molecular weight is 475 g/mol. The molecule has 0 saturated heterocycles. The third-order valence-electron chi connectivity index (χ3n) is 1.92. The Morgan fingerprint density at radius 3 is 2.56 bits per heavy atom. The first-order valence-corrected chi connectivity index (χ1v) is 8.12. The van der Waals surface area contributed by atoms with E-state index in [1.165, 1.54) is 17.5 Å². The first-order chi connectivity index (χ1) is 8.47. The summed E-state index contributed by atoms with van der Waals surface area (Å²) in [5.74, 6) is -0.192. The molecule has 0 bridgehead atoms. The van der Waals surface area contributed by atoms with Gasteiger partial charge in [-0.1, -0.05) is 11.6 Å². The van der Waals surface area contributed by atoms with Crippen LogP contribution < -0.4 is 5.32 Å². The van der Waals surface area contributed by atoms with Gasteiger partial charge in [0.05, 0.1) is 25.0 Å². The molecular formula is C10H4Br3ClN2OS. The molecule has 1 amide bonds. The molecule has 0 saturated carbocycles. The predicted molar refractivity (Wildman–Crippen MR) is 84.6 cm³/mol. The van der Waals surface area contributed by atoms with Gasteiger partial charge in [0.15, 0.2) is 0 Å². The second-order valence-electron chi connectivity index (χ2n) is 3.18. The molecule has 2 rings (SSSR count). The monoisotopic (exact) mass is 472 g/mol. The van der Waals surface area contributed by atoms with Crippen molar-refractivity contribution >= 4 is 82.3 Å². The van der Waals surface area contributed by atoms with Crippen molar-refractivity contribution in [3.63, 3.8) is 0 Å². The zero-order valence-electron chi connectivity index (χ0n) is 8.51. The smallest absolute Gasteiger partial charge is 0.265 e. The summed E-state index contributed by atoms with van der Waals surface area (Å²) >= 11 is 17.1. The van der Waals surface area contributed by atoms with Crippen molar-refractivity contribution in [2.45, 2.75) is 0 Å². The van der Waals surface area contributed by atoms with Gasteiger partial charge in [0, 0.05) is 4.47 Å². The SMILES string of the molecule is O=C(Nc1cnc(Cl)c(Br)c1)c1cc(Br)c(Br)s1. The Kier molecular flexibility index (Phi) is 4.82. The highest BCUT2D eigenvalue weighted by molar-refractivity contribution is 9.13. The summed E-state index contributed by atoms with van der Waals surface area (Å²) in [7, 11) is 0. The van der Waals surface area contributed by atoms with Crippen molar-refractivity contribution in [1.82, 2.24) is 4.98 Å². The van der Waals surface area contributed by atoms with Gasteiger partial charge >= 0.3 is 0 Å². The summed E-state index contributed by atoms with van der Waals surface area (Å²) in [4.78, 5) is 16.5. The highest BCUT2D eigenvalue weighted by Gasteiger charge is 2.12. The largest absolute Gasteiger partial charge is 0.320 e. The lowest BCUT2D eigenvalue weighted by Crippen LogP contribution is -2.10. The summed E-state index contributed by atoms with van der Waals surface area (Å²) in [5.41, 5.74) is 0.580. The standard InChI is InChI=1S/C10H4Br3ClN2OS/c11-5-2-7(18-8(5)13)10(17)16-4-1-6(12)9(14)15-3-4/h1-3H,(H,16,17). The van der Waals surface area contributed by atoms with E-state index < -0.39 is 0 Å². The topological polar surface area (TPSA) is 42.0 Å². The van der Waals surface area contributed by atoms with Gasteiger partial charge in [0.2, 0.25) is 0 Å². The van der Waals surface area contributed by atoms with Gasteiger partial charge < -0.3 is 5.32 Å². The number of nitrogens with zero attached hydrogens (tertiary/aromatic N) is 1. The number of halogens is 4. The van der Waals surface area contributed by atoms with Crippen LogP contribution in [0.15, 0.2) is 31.1 Å². The zero-order valence-corrected chi connectivity index (χ0v) is 14.8. The van der Waals surface area contributed by atoms with Crippen molar-refractivity contribution in [3.8, 4) is 0 Å². The Bertz CT molecular complexity index is 598. The van der Waals surface area contributed by atoms with E-state index in [-0.39, 0.29) is 5.91 Å². The maximum atomic E-state index is 12.0. The molecule has 2 aromatic heterocycles. The molecular weight excluding hydrogens is 471 g/mol. The maximum Gasteiger partial charge on any atom is 0.265 e. The molecule has 8 heteroatoms. The fourth-order valence-electron chi connectivity index (χ4n) is 1.14. The molecule has 0 aliphatic rings. The zero-order chi connectivity index (χ0) is 13.3. The maximum absolute atomic E-state index is 12.0. The van der Waals surface area contributed by atoms with Crippen molar-refractivity contribution < 1.29 is 4.79 Å². The number of amides is 1. The number of hydrogen-bond acceptors (Lipinski definition) is 3. The van der Waals surface area contributed by atoms with Gasteiger partial charge in [0.1, 0.15) is 5.15 Å². The van der Waals surface area contributed by atoms with Crippen LogP contribution in [0, 0.1) is 0 Å². The van der Waals surface area contributed by atoms with E-state index in [0.717, 1.165) is 8.26 Å². The quantitative estimate of drug-likeness (QED) is 0.597. The Labute approximate surface area is 137 Å². The van der Waals surface area contributed by atoms with E-state index in [9.17, 15) is 4.79 Å². The molecule has 2 heterocycles.